The van der Waals surface area contributed by atoms with Gasteiger partial charge in [0.1, 0.15) is 29.1 Å². The summed E-state index contributed by atoms with van der Waals surface area (Å²) in [6.45, 7) is -0.115. The molecule has 0 saturated carbocycles. The van der Waals surface area contributed by atoms with Crippen molar-refractivity contribution in [3.05, 3.63) is 11.5 Å². The molecule has 2 unspecified atom stereocenters. The van der Waals surface area contributed by atoms with Gasteiger partial charge < -0.3 is 23.1 Å². The normalized spacial score (nSPS) is 24.8. The molecule has 0 saturated heterocycles. The van der Waals surface area contributed by atoms with E-state index in [4.69, 9.17) is 10.2 Å². The monoisotopic (exact) mass is 302 g/mol. The highest BCUT2D eigenvalue weighted by Crippen LogP contribution is 2.21. The van der Waals surface area contributed by atoms with Crippen LogP contribution in [0.1, 0.15) is 0 Å². The number of esters is 1. The van der Waals surface area contributed by atoms with Crippen LogP contribution < -0.4 is 0 Å². The third-order valence-electron chi connectivity index (χ3n) is 1.52. The fourth-order valence-corrected chi connectivity index (χ4v) is 1.25. The van der Waals surface area contributed by atoms with Gasteiger partial charge in [-0.1, -0.05) is 0 Å². The fourth-order valence-electron chi connectivity index (χ4n) is 0.879. The molecule has 3 N–H and O–H groups in total. The molecule has 1 aliphatic heterocycles. The molecule has 74 valence electrons. The van der Waals surface area contributed by atoms with Crippen LogP contribution in [0.3, 0.4) is 0 Å². The Balaban J connectivity index is 2.70. The lowest BCUT2D eigenvalue weighted by atomic mass is 10.2. The number of aliphatic hydroxyl groups is 3. The number of hydrogen-bond donors (Lipinski definition) is 3. The quantitative estimate of drug-likeness (QED) is 0.500. The lowest BCUT2D eigenvalue weighted by Crippen LogP contribution is -2.31. The zero-order chi connectivity index (χ0) is 10.0. The van der Waals surface area contributed by atoms with Crippen molar-refractivity contribution in [1.82, 2.24) is 0 Å². The Kier molecular flexibility index (Phi) is 3.33. The maximum absolute atomic E-state index is 10.7. The minimum atomic E-state index is -1.23. The summed E-state index contributed by atoms with van der Waals surface area (Å²) in [5.74, 6) is -2.57. The number of carbonyl (C=O) groups excluding carboxylic acids is 1. The second-order valence-electron chi connectivity index (χ2n) is 2.40. The molecule has 0 amide bonds. The molecule has 1 rings (SSSR count). The van der Waals surface area contributed by atoms with Crippen LogP contribution in [0.2, 0.25) is 0 Å². The summed E-state index contributed by atoms with van der Waals surface area (Å²) in [6.07, 6.45) is -2.42. The van der Waals surface area contributed by atoms with E-state index in [2.05, 4.69) is 7.80 Å². The number of hydrogen-bond acceptors (Lipinski definition) is 6. The van der Waals surface area contributed by atoms with Crippen LogP contribution in [-0.4, -0.2) is 40.1 Å². The molecule has 0 bridgehead atoms. The maximum Gasteiger partial charge on any atom is 0.377 e. The van der Waals surface area contributed by atoms with Gasteiger partial charge in [-0.3, -0.25) is 0 Å². The first-order valence-electron chi connectivity index (χ1n) is 3.32. The predicted octanol–water partition coefficient (Wildman–Crippen LogP) is -0.0331. The minimum Gasteiger partial charge on any atom is -0.505 e. The summed E-state index contributed by atoms with van der Waals surface area (Å²) in [4.78, 5) is 10.7. The van der Waals surface area contributed by atoms with E-state index in [1.807, 2.05) is 0 Å². The van der Waals surface area contributed by atoms with E-state index in [1.165, 1.54) is 0 Å². The Hall–Kier alpha value is -0.540. The molecular weight excluding hydrogens is 295 g/mol. The molecule has 7 heteroatoms. The van der Waals surface area contributed by atoms with Gasteiger partial charge in [0.15, 0.2) is 11.9 Å². The van der Waals surface area contributed by atoms with Gasteiger partial charge in [-0.15, -0.1) is 0 Å². The molecule has 2 atom stereocenters. The molecule has 6 nitrogen and oxygen atoms in total. The van der Waals surface area contributed by atoms with Gasteiger partial charge in [-0.2, -0.15) is 0 Å². The summed E-state index contributed by atoms with van der Waals surface area (Å²) in [7, 11) is 0. The number of ether oxygens (including phenoxy) is 1. The molecule has 0 spiro atoms. The first-order valence-corrected chi connectivity index (χ1v) is 4.20. The molecule has 0 radical (unpaired) electrons. The van der Waals surface area contributed by atoms with Gasteiger partial charge in [0.2, 0.25) is 5.76 Å². The smallest absolute Gasteiger partial charge is 0.377 e. The average Bonchev–Trinajstić information content (AvgIpc) is 2.33. The van der Waals surface area contributed by atoms with Gasteiger partial charge in [-0.25, -0.2) is 4.79 Å². The van der Waals surface area contributed by atoms with Crippen molar-refractivity contribution in [3.8, 4) is 0 Å². The first kappa shape index (κ1) is 10.5. The van der Waals surface area contributed by atoms with Gasteiger partial charge in [0.25, 0.3) is 0 Å². The van der Waals surface area contributed by atoms with Crippen molar-refractivity contribution < 1.29 is 27.9 Å². The molecule has 0 fully saturated rings. The topological polar surface area (TPSA) is 96.2 Å². The third kappa shape index (κ3) is 2.03. The predicted molar refractivity (Wildman–Crippen MR) is 48.1 cm³/mol. The number of halogens is 1. The van der Waals surface area contributed by atoms with Crippen LogP contribution in [-0.2, 0) is 12.6 Å². The molecular formula is C6H7IO6. The molecule has 13 heavy (non-hydrogen) atoms. The van der Waals surface area contributed by atoms with Crippen molar-refractivity contribution in [1.29, 1.82) is 0 Å². The lowest BCUT2D eigenvalue weighted by molar-refractivity contribution is -0.147. The minimum absolute atomic E-state index is 0.115. The van der Waals surface area contributed by atoms with E-state index < -0.39 is 29.7 Å². The largest absolute Gasteiger partial charge is 0.505 e. The lowest BCUT2D eigenvalue weighted by Gasteiger charge is -2.15. The molecule has 0 aromatic heterocycles. The molecule has 0 aliphatic carbocycles. The maximum atomic E-state index is 10.7. The van der Waals surface area contributed by atoms with Gasteiger partial charge in [0, 0.05) is 0 Å². The Morgan fingerprint density at radius 1 is 1.62 bits per heavy atom. The van der Waals surface area contributed by atoms with Gasteiger partial charge in [-0.05, 0) is 0 Å². The molecule has 1 heterocycles. The summed E-state index contributed by atoms with van der Waals surface area (Å²) in [5, 5.41) is 27.2. The van der Waals surface area contributed by atoms with Crippen molar-refractivity contribution in [3.63, 3.8) is 0 Å². The Morgan fingerprint density at radius 2 is 2.23 bits per heavy atom. The summed E-state index contributed by atoms with van der Waals surface area (Å²) >= 11 is 1.55. The second-order valence-corrected chi connectivity index (χ2v) is 3.03. The number of cyclic esters (lactones) is 1. The first-order chi connectivity index (χ1) is 6.07. The van der Waals surface area contributed by atoms with Crippen LogP contribution in [0.15, 0.2) is 11.5 Å². The number of aliphatic hydroxyl groups excluding tert-OH is 3. The zero-order valence-corrected chi connectivity index (χ0v) is 8.46. The van der Waals surface area contributed by atoms with Crippen molar-refractivity contribution in [2.24, 2.45) is 0 Å². The van der Waals surface area contributed by atoms with Crippen LogP contribution in [0.4, 0.5) is 0 Å². The van der Waals surface area contributed by atoms with Gasteiger partial charge in [0.05, 0.1) is 6.61 Å². The fraction of sp³-hybridized carbons (Fsp3) is 0.500. The van der Waals surface area contributed by atoms with Crippen LogP contribution in [0, 0.1) is 0 Å². The molecule has 0 aromatic carbocycles. The van der Waals surface area contributed by atoms with E-state index in [0.29, 0.717) is 0 Å². The van der Waals surface area contributed by atoms with E-state index >= 15 is 0 Å². The van der Waals surface area contributed by atoms with Crippen molar-refractivity contribution >= 4 is 29.0 Å². The van der Waals surface area contributed by atoms with Crippen LogP contribution in [0.5, 0.6) is 0 Å². The highest BCUT2D eigenvalue weighted by Gasteiger charge is 2.39. The standard InChI is InChI=1S/C6H7IO6/c7-12-1-2(8)5-3(9)4(10)6(11)13-5/h2,5,8-10H,1H2. The van der Waals surface area contributed by atoms with E-state index in [9.17, 15) is 9.90 Å². The van der Waals surface area contributed by atoms with Crippen LogP contribution in [0.25, 0.3) is 0 Å². The summed E-state index contributed by atoms with van der Waals surface area (Å²) in [5.41, 5.74) is 0. The third-order valence-corrected chi connectivity index (χ3v) is 1.88. The SMILES string of the molecule is O=C1OC(C(O)COI)C(O)=C1O. The van der Waals surface area contributed by atoms with Crippen molar-refractivity contribution in [2.45, 2.75) is 12.2 Å². The van der Waals surface area contributed by atoms with E-state index in [1.54, 1.807) is 23.0 Å². The Labute approximate surface area is 87.5 Å². The Morgan fingerprint density at radius 3 is 2.62 bits per heavy atom. The number of carbonyl (C=O) groups is 1. The van der Waals surface area contributed by atoms with Crippen molar-refractivity contribution in [2.75, 3.05) is 6.61 Å². The van der Waals surface area contributed by atoms with Crippen LogP contribution >= 0.6 is 23.0 Å². The molecule has 1 aliphatic rings. The second kappa shape index (κ2) is 4.11. The molecule has 0 aromatic rings. The van der Waals surface area contributed by atoms with E-state index in [-0.39, 0.29) is 6.61 Å². The van der Waals surface area contributed by atoms with Gasteiger partial charge >= 0.3 is 5.97 Å². The summed E-state index contributed by atoms with van der Waals surface area (Å²) < 4.78 is 9.00. The Bertz CT molecular complexity index is 250. The number of rotatable bonds is 3. The summed E-state index contributed by atoms with van der Waals surface area (Å²) in [6, 6.07) is 0. The zero-order valence-electron chi connectivity index (χ0n) is 6.31. The average molecular weight is 302 g/mol. The highest BCUT2D eigenvalue weighted by molar-refractivity contribution is 14.1. The van der Waals surface area contributed by atoms with E-state index in [0.717, 1.165) is 0 Å². The highest BCUT2D eigenvalue weighted by atomic mass is 127.